The van der Waals surface area contributed by atoms with Crippen LogP contribution in [0.5, 0.6) is 0 Å². The summed E-state index contributed by atoms with van der Waals surface area (Å²) in [5.41, 5.74) is 9.71. The number of aliphatic carboxylic acids is 1. The fourth-order valence-electron chi connectivity index (χ4n) is 3.16. The molecule has 0 unspecified atom stereocenters. The summed E-state index contributed by atoms with van der Waals surface area (Å²) in [7, 11) is 0. The minimum Gasteiger partial charge on any atom is -0.481 e. The first-order chi connectivity index (χ1) is 14.4. The van der Waals surface area contributed by atoms with Crippen LogP contribution in [0.3, 0.4) is 0 Å². The standard InChI is InChI=1S/C26H27NO3/c1-18(2)22-9-7-20(8-10-22)17-30-27-19(3)23-11-13-24(14-12-23)25-6-4-5-21(15-25)16-26(28)29/h4-15,18,27H,3,16-17H2,1-2H3,(H,28,29). The molecule has 0 bridgehead atoms. The highest BCUT2D eigenvalue weighted by Crippen LogP contribution is 2.23. The van der Waals surface area contributed by atoms with E-state index in [0.717, 1.165) is 27.8 Å². The van der Waals surface area contributed by atoms with Gasteiger partial charge in [0.1, 0.15) is 0 Å². The number of carboxylic acid groups (broad SMARTS) is 1. The van der Waals surface area contributed by atoms with Crippen molar-refractivity contribution in [2.24, 2.45) is 0 Å². The predicted octanol–water partition coefficient (Wildman–Crippen LogP) is 5.80. The van der Waals surface area contributed by atoms with Crippen molar-refractivity contribution in [3.8, 4) is 11.1 Å². The van der Waals surface area contributed by atoms with Crippen molar-refractivity contribution in [2.75, 3.05) is 0 Å². The molecule has 0 aromatic heterocycles. The molecule has 0 aliphatic carbocycles. The summed E-state index contributed by atoms with van der Waals surface area (Å²) in [6.45, 7) is 8.84. The van der Waals surface area contributed by atoms with Crippen LogP contribution in [0.15, 0.2) is 79.4 Å². The third kappa shape index (κ3) is 5.82. The Bertz CT molecular complexity index is 1010. The highest BCUT2D eigenvalue weighted by atomic mass is 16.6. The fourth-order valence-corrected chi connectivity index (χ4v) is 3.16. The number of hydroxylamine groups is 1. The Morgan fingerprint density at radius 2 is 1.67 bits per heavy atom. The minimum absolute atomic E-state index is 0.0180. The van der Waals surface area contributed by atoms with Crippen molar-refractivity contribution in [3.05, 3.63) is 102 Å². The van der Waals surface area contributed by atoms with E-state index in [1.54, 1.807) is 0 Å². The van der Waals surface area contributed by atoms with E-state index >= 15 is 0 Å². The van der Waals surface area contributed by atoms with Crippen LogP contribution in [0, 0.1) is 0 Å². The van der Waals surface area contributed by atoms with Crippen molar-refractivity contribution >= 4 is 11.7 Å². The van der Waals surface area contributed by atoms with Crippen LogP contribution in [-0.2, 0) is 22.7 Å². The van der Waals surface area contributed by atoms with E-state index in [4.69, 9.17) is 9.94 Å². The molecule has 0 fully saturated rings. The number of hydrogen-bond acceptors (Lipinski definition) is 3. The predicted molar refractivity (Wildman–Crippen MR) is 121 cm³/mol. The summed E-state index contributed by atoms with van der Waals surface area (Å²) in [6, 6.07) is 23.9. The Labute approximate surface area is 177 Å². The smallest absolute Gasteiger partial charge is 0.307 e. The highest BCUT2D eigenvalue weighted by molar-refractivity contribution is 5.73. The van der Waals surface area contributed by atoms with E-state index in [2.05, 4.69) is 50.2 Å². The van der Waals surface area contributed by atoms with Gasteiger partial charge in [0.15, 0.2) is 0 Å². The van der Waals surface area contributed by atoms with Crippen molar-refractivity contribution in [2.45, 2.75) is 32.8 Å². The minimum atomic E-state index is -0.833. The average Bonchev–Trinajstić information content (AvgIpc) is 2.74. The maximum absolute atomic E-state index is 10.9. The second-order valence-electron chi connectivity index (χ2n) is 7.61. The Balaban J connectivity index is 1.56. The van der Waals surface area contributed by atoms with Gasteiger partial charge in [-0.1, -0.05) is 93.2 Å². The zero-order valence-corrected chi connectivity index (χ0v) is 17.4. The van der Waals surface area contributed by atoms with Gasteiger partial charge < -0.3 is 5.11 Å². The lowest BCUT2D eigenvalue weighted by Crippen LogP contribution is -2.12. The number of rotatable bonds is 9. The molecule has 0 saturated carbocycles. The maximum Gasteiger partial charge on any atom is 0.307 e. The van der Waals surface area contributed by atoms with Crippen LogP contribution in [0.25, 0.3) is 16.8 Å². The monoisotopic (exact) mass is 401 g/mol. The van der Waals surface area contributed by atoms with E-state index in [1.165, 1.54) is 5.56 Å². The van der Waals surface area contributed by atoms with Crippen LogP contribution < -0.4 is 5.48 Å². The van der Waals surface area contributed by atoms with Crippen molar-refractivity contribution in [1.82, 2.24) is 5.48 Å². The second-order valence-corrected chi connectivity index (χ2v) is 7.61. The molecule has 3 aromatic carbocycles. The molecule has 0 amide bonds. The number of carboxylic acids is 1. The summed E-state index contributed by atoms with van der Waals surface area (Å²) < 4.78 is 0. The second kappa shape index (κ2) is 9.90. The fraction of sp³-hybridized carbons (Fsp3) is 0.192. The van der Waals surface area contributed by atoms with Gasteiger partial charge in [-0.2, -0.15) is 0 Å². The molecule has 2 N–H and O–H groups in total. The van der Waals surface area contributed by atoms with Gasteiger partial charge in [0, 0.05) is 0 Å². The maximum atomic E-state index is 10.9. The summed E-state index contributed by atoms with van der Waals surface area (Å²) in [4.78, 5) is 16.5. The summed E-state index contributed by atoms with van der Waals surface area (Å²) in [5.74, 6) is -0.318. The van der Waals surface area contributed by atoms with Crippen LogP contribution in [-0.4, -0.2) is 11.1 Å². The molecule has 0 spiro atoms. The molecule has 0 saturated heterocycles. The molecule has 4 heteroatoms. The Hall–Kier alpha value is -3.37. The average molecular weight is 402 g/mol. The molecular formula is C26H27NO3. The van der Waals surface area contributed by atoms with E-state index in [9.17, 15) is 4.79 Å². The van der Waals surface area contributed by atoms with E-state index in [0.29, 0.717) is 18.2 Å². The van der Waals surface area contributed by atoms with Gasteiger partial charge in [-0.25, -0.2) is 0 Å². The highest BCUT2D eigenvalue weighted by Gasteiger charge is 2.05. The largest absolute Gasteiger partial charge is 0.481 e. The molecule has 0 heterocycles. The zero-order valence-electron chi connectivity index (χ0n) is 17.4. The summed E-state index contributed by atoms with van der Waals surface area (Å²) in [6.07, 6.45) is 0.0180. The molecule has 3 aromatic rings. The van der Waals surface area contributed by atoms with Gasteiger partial charge in [0.25, 0.3) is 0 Å². The normalized spacial score (nSPS) is 10.8. The van der Waals surface area contributed by atoms with Gasteiger partial charge in [-0.05, 0) is 39.3 Å². The number of carbonyl (C=O) groups is 1. The Kier molecular flexibility index (Phi) is 7.04. The van der Waals surface area contributed by atoms with E-state index < -0.39 is 5.97 Å². The van der Waals surface area contributed by atoms with Gasteiger partial charge in [-0.3, -0.25) is 15.1 Å². The van der Waals surface area contributed by atoms with Crippen molar-refractivity contribution in [1.29, 1.82) is 0 Å². The lowest BCUT2D eigenvalue weighted by molar-refractivity contribution is -0.136. The zero-order chi connectivity index (χ0) is 21.5. The lowest BCUT2D eigenvalue weighted by Gasteiger charge is -2.12. The molecule has 0 atom stereocenters. The number of hydrogen-bond donors (Lipinski definition) is 2. The molecule has 0 aliphatic heterocycles. The van der Waals surface area contributed by atoms with Crippen LogP contribution in [0.4, 0.5) is 0 Å². The molecule has 30 heavy (non-hydrogen) atoms. The first-order valence-electron chi connectivity index (χ1n) is 9.99. The van der Waals surface area contributed by atoms with Crippen LogP contribution in [0.2, 0.25) is 0 Å². The number of benzene rings is 3. The van der Waals surface area contributed by atoms with E-state index in [-0.39, 0.29) is 6.42 Å². The molecule has 154 valence electrons. The first-order valence-corrected chi connectivity index (χ1v) is 9.99. The van der Waals surface area contributed by atoms with Gasteiger partial charge in [-0.15, -0.1) is 0 Å². The lowest BCUT2D eigenvalue weighted by atomic mass is 10.0. The summed E-state index contributed by atoms with van der Waals surface area (Å²) in [5, 5.41) is 8.97. The van der Waals surface area contributed by atoms with Gasteiger partial charge in [0.2, 0.25) is 0 Å². The SMILES string of the molecule is C=C(NOCc1ccc(C(C)C)cc1)c1ccc(-c2cccc(CC(=O)O)c2)cc1. The van der Waals surface area contributed by atoms with E-state index in [1.807, 2.05) is 48.5 Å². The molecule has 4 nitrogen and oxygen atoms in total. The quantitative estimate of drug-likeness (QED) is 0.445. The van der Waals surface area contributed by atoms with Crippen molar-refractivity contribution < 1.29 is 14.7 Å². The Morgan fingerprint density at radius 3 is 2.30 bits per heavy atom. The topological polar surface area (TPSA) is 58.6 Å². The van der Waals surface area contributed by atoms with Crippen LogP contribution in [0.1, 0.15) is 42.0 Å². The first kappa shape index (κ1) is 21.3. The molecular weight excluding hydrogens is 374 g/mol. The third-order valence-corrected chi connectivity index (χ3v) is 4.93. The van der Waals surface area contributed by atoms with Gasteiger partial charge >= 0.3 is 5.97 Å². The van der Waals surface area contributed by atoms with Gasteiger partial charge in [0.05, 0.1) is 18.7 Å². The summed E-state index contributed by atoms with van der Waals surface area (Å²) >= 11 is 0. The Morgan fingerprint density at radius 1 is 0.967 bits per heavy atom. The van der Waals surface area contributed by atoms with Crippen molar-refractivity contribution in [3.63, 3.8) is 0 Å². The number of nitrogens with one attached hydrogen (secondary N) is 1. The molecule has 0 radical (unpaired) electrons. The molecule has 3 rings (SSSR count). The third-order valence-electron chi connectivity index (χ3n) is 4.93. The molecule has 0 aliphatic rings. The van der Waals surface area contributed by atoms with Crippen LogP contribution >= 0.6 is 0 Å².